The van der Waals surface area contributed by atoms with Gasteiger partial charge in [0.25, 0.3) is 11.8 Å². The van der Waals surface area contributed by atoms with E-state index in [1.54, 1.807) is 18.3 Å². The SMILES string of the molecule is CC[C@@H]1[C@H](F)C(=O)N[C@@H]1COc1ncc(C#CC2CCN(CC3CCN(C(=O)OC(C)(C)C)CC3)CC2)c2cc(C(N)=O)c(OC)cc12. The Bertz CT molecular complexity index is 1570. The second-order valence-corrected chi connectivity index (χ2v) is 14.1. The minimum Gasteiger partial charge on any atom is -0.496 e. The zero-order chi connectivity index (χ0) is 34.6. The minimum absolute atomic E-state index is 0.0408. The number of carbonyl (C=O) groups is 3. The monoisotopic (exact) mass is 665 g/mol. The van der Waals surface area contributed by atoms with E-state index in [0.29, 0.717) is 28.7 Å². The summed E-state index contributed by atoms with van der Waals surface area (Å²) < 4.78 is 31.4. The average molecular weight is 666 g/mol. The number of rotatable bonds is 8. The third kappa shape index (κ3) is 8.29. The van der Waals surface area contributed by atoms with Crippen molar-refractivity contribution in [2.45, 2.75) is 77.6 Å². The van der Waals surface area contributed by atoms with Crippen LogP contribution >= 0.6 is 0 Å². The molecule has 4 heterocycles. The molecular weight excluding hydrogens is 617 g/mol. The number of aromatic nitrogens is 1. The molecule has 0 saturated carbocycles. The molecule has 0 spiro atoms. The number of hydrogen-bond donors (Lipinski definition) is 2. The second-order valence-electron chi connectivity index (χ2n) is 14.1. The van der Waals surface area contributed by atoms with Gasteiger partial charge in [-0.15, -0.1) is 0 Å². The fourth-order valence-corrected chi connectivity index (χ4v) is 6.84. The van der Waals surface area contributed by atoms with E-state index in [2.05, 4.69) is 27.0 Å². The maximum Gasteiger partial charge on any atom is 0.410 e. The van der Waals surface area contributed by atoms with Crippen molar-refractivity contribution in [1.29, 1.82) is 0 Å². The van der Waals surface area contributed by atoms with Gasteiger partial charge in [-0.25, -0.2) is 14.2 Å². The van der Waals surface area contributed by atoms with Gasteiger partial charge in [0, 0.05) is 48.4 Å². The third-order valence-electron chi connectivity index (χ3n) is 9.56. The van der Waals surface area contributed by atoms with Gasteiger partial charge >= 0.3 is 6.09 Å². The Morgan fingerprint density at radius 1 is 1.10 bits per heavy atom. The number of amides is 3. The lowest BCUT2D eigenvalue weighted by Gasteiger charge is -2.37. The lowest BCUT2D eigenvalue weighted by atomic mass is 9.93. The fraction of sp³-hybridized carbons (Fsp3) is 0.611. The van der Waals surface area contributed by atoms with E-state index in [0.717, 1.165) is 58.4 Å². The summed E-state index contributed by atoms with van der Waals surface area (Å²) in [5.74, 6) is 6.29. The van der Waals surface area contributed by atoms with Crippen molar-refractivity contribution in [1.82, 2.24) is 20.1 Å². The fourth-order valence-electron chi connectivity index (χ4n) is 6.84. The van der Waals surface area contributed by atoms with Gasteiger partial charge in [0.15, 0.2) is 6.17 Å². The van der Waals surface area contributed by atoms with E-state index in [1.165, 1.54) is 7.11 Å². The highest BCUT2D eigenvalue weighted by Gasteiger charge is 2.42. The Balaban J connectivity index is 1.23. The van der Waals surface area contributed by atoms with Gasteiger partial charge in [-0.1, -0.05) is 18.8 Å². The first-order valence-electron chi connectivity index (χ1n) is 17.0. The number of pyridine rings is 1. The molecule has 1 aromatic carbocycles. The number of nitrogens with zero attached hydrogens (tertiary/aromatic N) is 3. The average Bonchev–Trinajstić information content (AvgIpc) is 3.33. The maximum atomic E-state index is 14.3. The predicted octanol–water partition coefficient (Wildman–Crippen LogP) is 4.29. The molecule has 3 saturated heterocycles. The highest BCUT2D eigenvalue weighted by molar-refractivity contribution is 6.03. The molecule has 5 rings (SSSR count). The van der Waals surface area contributed by atoms with Crippen LogP contribution in [0.15, 0.2) is 18.3 Å². The molecule has 0 unspecified atom stereocenters. The summed E-state index contributed by atoms with van der Waals surface area (Å²) in [6.45, 7) is 11.9. The van der Waals surface area contributed by atoms with Crippen LogP contribution in [-0.2, 0) is 9.53 Å². The van der Waals surface area contributed by atoms with Crippen molar-refractivity contribution in [3.63, 3.8) is 0 Å². The van der Waals surface area contributed by atoms with Gasteiger partial charge in [-0.3, -0.25) is 9.59 Å². The smallest absolute Gasteiger partial charge is 0.410 e. The van der Waals surface area contributed by atoms with Crippen LogP contribution in [0.3, 0.4) is 0 Å². The molecule has 3 N–H and O–H groups in total. The van der Waals surface area contributed by atoms with E-state index in [1.807, 2.05) is 32.6 Å². The van der Waals surface area contributed by atoms with Crippen LogP contribution in [-0.4, -0.2) is 96.9 Å². The number of carbonyl (C=O) groups excluding carboxylic acids is 3. The van der Waals surface area contributed by atoms with Crippen molar-refractivity contribution in [2.24, 2.45) is 23.5 Å². The van der Waals surface area contributed by atoms with Gasteiger partial charge < -0.3 is 35.1 Å². The number of methoxy groups -OCH3 is 1. The summed E-state index contributed by atoms with van der Waals surface area (Å²) in [6.07, 6.45) is 4.14. The predicted molar refractivity (Wildman–Crippen MR) is 179 cm³/mol. The summed E-state index contributed by atoms with van der Waals surface area (Å²) in [5, 5.41) is 3.89. The number of likely N-dealkylation sites (tertiary alicyclic amines) is 2. The van der Waals surface area contributed by atoms with E-state index in [4.69, 9.17) is 19.9 Å². The first-order chi connectivity index (χ1) is 22.9. The van der Waals surface area contributed by atoms with Crippen molar-refractivity contribution in [2.75, 3.05) is 46.4 Å². The van der Waals surface area contributed by atoms with Crippen molar-refractivity contribution >= 4 is 28.7 Å². The summed E-state index contributed by atoms with van der Waals surface area (Å²) >= 11 is 0. The van der Waals surface area contributed by atoms with Crippen LogP contribution in [0.1, 0.15) is 75.7 Å². The Morgan fingerprint density at radius 2 is 1.81 bits per heavy atom. The number of halogens is 1. The molecule has 3 atom stereocenters. The summed E-state index contributed by atoms with van der Waals surface area (Å²) in [4.78, 5) is 45.5. The highest BCUT2D eigenvalue weighted by Crippen LogP contribution is 2.34. The number of primary amides is 1. The minimum atomic E-state index is -1.57. The highest BCUT2D eigenvalue weighted by atomic mass is 19.1. The second kappa shape index (κ2) is 15.0. The Hall–Kier alpha value is -4.11. The zero-order valence-electron chi connectivity index (χ0n) is 28.6. The number of hydrogen-bond acceptors (Lipinski definition) is 8. The zero-order valence-corrected chi connectivity index (χ0v) is 28.6. The Labute approximate surface area is 282 Å². The van der Waals surface area contributed by atoms with Crippen LogP contribution in [0.5, 0.6) is 11.6 Å². The number of nitrogens with one attached hydrogen (secondary N) is 1. The largest absolute Gasteiger partial charge is 0.496 e. The van der Waals surface area contributed by atoms with E-state index >= 15 is 0 Å². The number of piperidine rings is 2. The van der Waals surface area contributed by atoms with E-state index < -0.39 is 35.5 Å². The number of fused-ring (bicyclic) bond motifs is 1. The normalized spacial score (nSPS) is 22.6. The molecule has 3 fully saturated rings. The molecule has 0 bridgehead atoms. The van der Waals surface area contributed by atoms with Crippen LogP contribution in [0.2, 0.25) is 0 Å². The molecule has 12 heteroatoms. The molecule has 3 aliphatic rings. The molecule has 2 aromatic rings. The van der Waals surface area contributed by atoms with E-state index in [-0.39, 0.29) is 35.8 Å². The van der Waals surface area contributed by atoms with Crippen LogP contribution in [0.25, 0.3) is 10.8 Å². The van der Waals surface area contributed by atoms with Crippen LogP contribution < -0.4 is 20.5 Å². The molecule has 260 valence electrons. The molecule has 1 aromatic heterocycles. The van der Waals surface area contributed by atoms with Crippen LogP contribution in [0.4, 0.5) is 9.18 Å². The molecule has 48 heavy (non-hydrogen) atoms. The molecule has 0 aliphatic carbocycles. The number of nitrogens with two attached hydrogens (primary N) is 1. The van der Waals surface area contributed by atoms with Gasteiger partial charge in [-0.2, -0.15) is 0 Å². The summed E-state index contributed by atoms with van der Waals surface area (Å²) in [6, 6.07) is 2.81. The molecule has 3 amide bonds. The Kier molecular flexibility index (Phi) is 11.0. The quantitative estimate of drug-likeness (QED) is 0.399. The van der Waals surface area contributed by atoms with E-state index in [9.17, 15) is 18.8 Å². The summed E-state index contributed by atoms with van der Waals surface area (Å²) in [7, 11) is 1.45. The molecule has 0 radical (unpaired) electrons. The van der Waals surface area contributed by atoms with Gasteiger partial charge in [-0.05, 0) is 84.0 Å². The van der Waals surface area contributed by atoms with Gasteiger partial charge in [0.2, 0.25) is 5.88 Å². The van der Waals surface area contributed by atoms with Crippen molar-refractivity contribution in [3.8, 4) is 23.5 Å². The number of alkyl halides is 1. The lowest BCUT2D eigenvalue weighted by Crippen LogP contribution is -2.44. The van der Waals surface area contributed by atoms with Crippen molar-refractivity contribution in [3.05, 3.63) is 29.5 Å². The molecule has 11 nitrogen and oxygen atoms in total. The first-order valence-corrected chi connectivity index (χ1v) is 17.0. The van der Waals surface area contributed by atoms with Crippen molar-refractivity contribution < 1.29 is 33.0 Å². The lowest BCUT2D eigenvalue weighted by molar-refractivity contribution is -0.124. The molecular formula is C36H48FN5O6. The number of benzene rings is 1. The van der Waals surface area contributed by atoms with Gasteiger partial charge in [0.05, 0.1) is 24.3 Å². The van der Waals surface area contributed by atoms with Crippen LogP contribution in [0, 0.1) is 29.6 Å². The number of ether oxygens (including phenoxy) is 3. The maximum absolute atomic E-state index is 14.3. The summed E-state index contributed by atoms with van der Waals surface area (Å²) in [5.41, 5.74) is 6.03. The Morgan fingerprint density at radius 3 is 2.44 bits per heavy atom. The van der Waals surface area contributed by atoms with Gasteiger partial charge in [0.1, 0.15) is 18.0 Å². The standard InChI is InChI=1S/C36H48FN5O6/c1-6-25-29(40-33(44)31(25)37)21-47-34-27-18-30(46-5)28(32(38)43)17-26(27)24(19-39-34)8-7-22-9-13-41(14-10-22)20-23-11-15-42(16-12-23)35(45)48-36(2,3)4/h17-19,22-23,25,29,31H,6,9-16,20-21H2,1-5H3,(H2,38,43)(H,40,44)/t25-,29+,31-/m0/s1. The topological polar surface area (TPSA) is 136 Å². The molecule has 3 aliphatic heterocycles. The first kappa shape index (κ1) is 35.2. The third-order valence-corrected chi connectivity index (χ3v) is 9.56.